The second-order valence-electron chi connectivity index (χ2n) is 5.71. The highest BCUT2D eigenvalue weighted by Crippen LogP contribution is 2.43. The number of halogens is 2. The van der Waals surface area contributed by atoms with Crippen LogP contribution in [0.25, 0.3) is 0 Å². The molecule has 0 saturated carbocycles. The van der Waals surface area contributed by atoms with Gasteiger partial charge in [0.05, 0.1) is 11.0 Å². The van der Waals surface area contributed by atoms with E-state index in [0.29, 0.717) is 30.7 Å². The summed E-state index contributed by atoms with van der Waals surface area (Å²) < 4.78 is 20.0. The summed E-state index contributed by atoms with van der Waals surface area (Å²) in [4.78, 5) is 11.3. The van der Waals surface area contributed by atoms with Crippen molar-refractivity contribution in [2.75, 3.05) is 11.9 Å². The third kappa shape index (κ3) is 2.31. The van der Waals surface area contributed by atoms with Gasteiger partial charge in [-0.3, -0.25) is 4.79 Å². The molecule has 5 heteroatoms. The van der Waals surface area contributed by atoms with Gasteiger partial charge in [-0.2, -0.15) is 0 Å². The lowest BCUT2D eigenvalue weighted by Gasteiger charge is -2.30. The fourth-order valence-corrected chi connectivity index (χ4v) is 3.28. The second kappa shape index (κ2) is 5.01. The maximum Gasteiger partial charge on any atom is 0.224 e. The molecule has 1 aromatic carbocycles. The molecule has 3 rings (SSSR count). The Labute approximate surface area is 122 Å². The van der Waals surface area contributed by atoms with Crippen LogP contribution >= 0.6 is 11.6 Å². The minimum absolute atomic E-state index is 0.0711. The number of aryl methyl sites for hydroxylation is 1. The van der Waals surface area contributed by atoms with Crippen LogP contribution < -0.4 is 5.32 Å². The van der Waals surface area contributed by atoms with E-state index in [-0.39, 0.29) is 11.7 Å². The molecule has 1 aromatic rings. The van der Waals surface area contributed by atoms with E-state index >= 15 is 0 Å². The zero-order valence-corrected chi connectivity index (χ0v) is 12.1. The lowest BCUT2D eigenvalue weighted by atomic mass is 9.90. The SMILES string of the molecule is CC1(C(Cl)c2cc3c(cc2F)NC(=O)CC3)CCCO1. The molecule has 2 heterocycles. The van der Waals surface area contributed by atoms with Crippen LogP contribution in [0.4, 0.5) is 10.1 Å². The number of anilines is 1. The van der Waals surface area contributed by atoms with E-state index in [1.54, 1.807) is 6.07 Å². The standard InChI is InChI=1S/C15H17ClFNO2/c1-15(5-2-6-20-15)14(16)10-7-9-3-4-13(19)18-12(9)8-11(10)17/h7-8,14H,2-6H2,1H3,(H,18,19). The van der Waals surface area contributed by atoms with Gasteiger partial charge < -0.3 is 10.1 Å². The van der Waals surface area contributed by atoms with Crippen molar-refractivity contribution in [1.29, 1.82) is 0 Å². The van der Waals surface area contributed by atoms with Gasteiger partial charge in [-0.05, 0) is 43.9 Å². The summed E-state index contributed by atoms with van der Waals surface area (Å²) >= 11 is 6.48. The van der Waals surface area contributed by atoms with Crippen molar-refractivity contribution in [2.45, 2.75) is 43.6 Å². The number of hydrogen-bond acceptors (Lipinski definition) is 2. The molecule has 0 radical (unpaired) electrons. The molecule has 0 bridgehead atoms. The number of hydrogen-bond donors (Lipinski definition) is 1. The van der Waals surface area contributed by atoms with Crippen molar-refractivity contribution < 1.29 is 13.9 Å². The molecule has 0 aromatic heterocycles. The predicted molar refractivity (Wildman–Crippen MR) is 75.5 cm³/mol. The van der Waals surface area contributed by atoms with E-state index < -0.39 is 11.0 Å². The lowest BCUT2D eigenvalue weighted by molar-refractivity contribution is -0.116. The number of fused-ring (bicyclic) bond motifs is 1. The van der Waals surface area contributed by atoms with Gasteiger partial charge in [0.15, 0.2) is 0 Å². The van der Waals surface area contributed by atoms with E-state index in [4.69, 9.17) is 16.3 Å². The molecule has 2 atom stereocenters. The summed E-state index contributed by atoms with van der Waals surface area (Å²) in [6, 6.07) is 3.14. The number of carbonyl (C=O) groups excluding carboxylic acids is 1. The van der Waals surface area contributed by atoms with Gasteiger partial charge in [0.2, 0.25) is 5.91 Å². The summed E-state index contributed by atoms with van der Waals surface area (Å²) in [6.45, 7) is 2.60. The normalized spacial score (nSPS) is 27.1. The molecule has 2 aliphatic rings. The average Bonchev–Trinajstić information content (AvgIpc) is 2.85. The molecule has 2 aliphatic heterocycles. The molecule has 1 amide bonds. The highest BCUT2D eigenvalue weighted by Gasteiger charge is 2.39. The number of benzene rings is 1. The first kappa shape index (κ1) is 13.8. The summed E-state index contributed by atoms with van der Waals surface area (Å²) in [5.74, 6) is -0.458. The Morgan fingerprint density at radius 3 is 2.95 bits per heavy atom. The molecule has 0 aliphatic carbocycles. The molecule has 2 unspecified atom stereocenters. The van der Waals surface area contributed by atoms with Gasteiger partial charge >= 0.3 is 0 Å². The summed E-state index contributed by atoms with van der Waals surface area (Å²) in [5, 5.41) is 2.17. The van der Waals surface area contributed by atoms with Gasteiger partial charge in [-0.25, -0.2) is 4.39 Å². The molecule has 108 valence electrons. The fraction of sp³-hybridized carbons (Fsp3) is 0.533. The van der Waals surface area contributed by atoms with Crippen LogP contribution in [-0.2, 0) is 16.0 Å². The van der Waals surface area contributed by atoms with Crippen LogP contribution in [-0.4, -0.2) is 18.1 Å². The second-order valence-corrected chi connectivity index (χ2v) is 6.14. The maximum atomic E-state index is 14.3. The van der Waals surface area contributed by atoms with Crippen LogP contribution in [0, 0.1) is 5.82 Å². The van der Waals surface area contributed by atoms with E-state index in [1.165, 1.54) is 6.07 Å². The molecule has 3 nitrogen and oxygen atoms in total. The number of rotatable bonds is 2. The van der Waals surface area contributed by atoms with Crippen molar-refractivity contribution in [3.63, 3.8) is 0 Å². The highest BCUT2D eigenvalue weighted by molar-refractivity contribution is 6.21. The van der Waals surface area contributed by atoms with E-state index in [9.17, 15) is 9.18 Å². The van der Waals surface area contributed by atoms with Crippen molar-refractivity contribution in [3.8, 4) is 0 Å². The Balaban J connectivity index is 1.96. The largest absolute Gasteiger partial charge is 0.373 e. The van der Waals surface area contributed by atoms with Crippen molar-refractivity contribution in [1.82, 2.24) is 0 Å². The molecular weight excluding hydrogens is 281 g/mol. The molecule has 1 saturated heterocycles. The third-order valence-corrected chi connectivity index (χ3v) is 4.87. The molecular formula is C15H17ClFNO2. The minimum atomic E-state index is -0.520. The quantitative estimate of drug-likeness (QED) is 0.848. The Bertz CT molecular complexity index is 555. The van der Waals surface area contributed by atoms with Crippen LogP contribution in [0.15, 0.2) is 12.1 Å². The lowest BCUT2D eigenvalue weighted by Crippen LogP contribution is -2.30. The third-order valence-electron chi connectivity index (χ3n) is 4.18. The van der Waals surface area contributed by atoms with E-state index in [0.717, 1.165) is 18.4 Å². The average molecular weight is 298 g/mol. The number of amides is 1. The van der Waals surface area contributed by atoms with Gasteiger partial charge in [-0.1, -0.05) is 0 Å². The Kier molecular flexibility index (Phi) is 3.46. The topological polar surface area (TPSA) is 38.3 Å². The molecule has 1 fully saturated rings. The number of alkyl halides is 1. The Hall–Kier alpha value is -1.13. The first-order chi connectivity index (χ1) is 9.49. The fourth-order valence-electron chi connectivity index (χ4n) is 2.94. The van der Waals surface area contributed by atoms with Gasteiger partial charge in [-0.15, -0.1) is 11.6 Å². The molecule has 1 N–H and O–H groups in total. The number of ether oxygens (including phenoxy) is 1. The van der Waals surface area contributed by atoms with Gasteiger partial charge in [0, 0.05) is 24.3 Å². The van der Waals surface area contributed by atoms with Crippen molar-refractivity contribution in [2.24, 2.45) is 0 Å². The zero-order chi connectivity index (χ0) is 14.3. The number of carbonyl (C=O) groups is 1. The van der Waals surface area contributed by atoms with Crippen molar-refractivity contribution in [3.05, 3.63) is 29.1 Å². The maximum absolute atomic E-state index is 14.3. The number of nitrogens with one attached hydrogen (secondary N) is 1. The summed E-state index contributed by atoms with van der Waals surface area (Å²) in [6.07, 6.45) is 2.82. The first-order valence-electron chi connectivity index (χ1n) is 6.90. The summed E-state index contributed by atoms with van der Waals surface area (Å²) in [5.41, 5.74) is 1.44. The smallest absolute Gasteiger partial charge is 0.224 e. The predicted octanol–water partition coefficient (Wildman–Crippen LogP) is 3.56. The van der Waals surface area contributed by atoms with Crippen LogP contribution in [0.3, 0.4) is 0 Å². The van der Waals surface area contributed by atoms with Crippen molar-refractivity contribution >= 4 is 23.2 Å². The summed E-state index contributed by atoms with van der Waals surface area (Å²) in [7, 11) is 0. The Morgan fingerprint density at radius 1 is 1.45 bits per heavy atom. The van der Waals surface area contributed by atoms with E-state index in [2.05, 4.69) is 5.32 Å². The zero-order valence-electron chi connectivity index (χ0n) is 11.3. The molecule has 20 heavy (non-hydrogen) atoms. The van der Waals surface area contributed by atoms with Gasteiger partial charge in [0.1, 0.15) is 5.82 Å². The van der Waals surface area contributed by atoms with Crippen LogP contribution in [0.1, 0.15) is 42.7 Å². The minimum Gasteiger partial charge on any atom is -0.373 e. The Morgan fingerprint density at radius 2 is 2.25 bits per heavy atom. The van der Waals surface area contributed by atoms with Gasteiger partial charge in [0.25, 0.3) is 0 Å². The first-order valence-corrected chi connectivity index (χ1v) is 7.33. The van der Waals surface area contributed by atoms with Crippen LogP contribution in [0.2, 0.25) is 0 Å². The van der Waals surface area contributed by atoms with E-state index in [1.807, 2.05) is 6.92 Å². The highest BCUT2D eigenvalue weighted by atomic mass is 35.5. The monoisotopic (exact) mass is 297 g/mol. The molecule has 0 spiro atoms. The van der Waals surface area contributed by atoms with Crippen LogP contribution in [0.5, 0.6) is 0 Å².